The summed E-state index contributed by atoms with van der Waals surface area (Å²) in [6, 6.07) is 21.2. The van der Waals surface area contributed by atoms with Crippen LogP contribution in [0.5, 0.6) is 0 Å². The van der Waals surface area contributed by atoms with E-state index < -0.39 is 45.8 Å². The Kier molecular flexibility index (Phi) is 9.55. The second-order valence-corrected chi connectivity index (χ2v) is 17.9. The first-order chi connectivity index (χ1) is 25.9. The topological polar surface area (TPSA) is 290 Å². The Balaban J connectivity index is 1.16. The molecule has 0 aliphatic carbocycles. The van der Waals surface area contributed by atoms with E-state index in [2.05, 4.69) is 25.4 Å². The van der Waals surface area contributed by atoms with Gasteiger partial charge in [0.1, 0.15) is 31.2 Å². The van der Waals surface area contributed by atoms with Crippen molar-refractivity contribution in [1.82, 2.24) is 9.97 Å². The molecule has 0 spiro atoms. The Hall–Kier alpha value is -5.59. The number of benzene rings is 5. The van der Waals surface area contributed by atoms with Crippen LogP contribution in [0.3, 0.4) is 0 Å². The van der Waals surface area contributed by atoms with Crippen LogP contribution in [0.2, 0.25) is 0 Å². The molecular weight excluding hydrogens is 813 g/mol. The molecule has 17 nitrogen and oxygen atoms in total. The first-order valence-electron chi connectivity index (χ1n) is 15.4. The first-order valence-corrected chi connectivity index (χ1v) is 21.3. The van der Waals surface area contributed by atoms with Crippen molar-refractivity contribution in [3.05, 3.63) is 90.5 Å². The second kappa shape index (κ2) is 13.9. The SMILES string of the molecule is Cc1ccc2nc(-c3ccc4nc(-c5ccc(N=Nc6c(N)c(N=Nc7cccc(S(=O)(=O)O)c7)cc(S(=O)(=O)O)c6N)cc5)sc4c3)sc2c1S(=O)(=O)O. The average Bonchev–Trinajstić information content (AvgIpc) is 3.74. The molecule has 0 unspecified atom stereocenters. The normalized spacial score (nSPS) is 12.8. The summed E-state index contributed by atoms with van der Waals surface area (Å²) in [7, 11) is -13.9. The molecule has 0 amide bonds. The molecular formula is C33H24N8O9S5. The maximum atomic E-state index is 12.2. The largest absolute Gasteiger partial charge is 0.396 e. The third kappa shape index (κ3) is 7.69. The highest BCUT2D eigenvalue weighted by molar-refractivity contribution is 7.86. The van der Waals surface area contributed by atoms with E-state index in [1.165, 1.54) is 23.5 Å². The quantitative estimate of drug-likeness (QED) is 0.0520. The van der Waals surface area contributed by atoms with Gasteiger partial charge in [0.15, 0.2) is 0 Å². The summed E-state index contributed by atoms with van der Waals surface area (Å²) >= 11 is 2.57. The van der Waals surface area contributed by atoms with Crippen LogP contribution in [0.4, 0.5) is 34.1 Å². The van der Waals surface area contributed by atoms with Crippen LogP contribution in [0, 0.1) is 6.92 Å². The van der Waals surface area contributed by atoms with Gasteiger partial charge in [-0.3, -0.25) is 13.7 Å². The fraction of sp³-hybridized carbons (Fsp3) is 0.0303. The number of hydrogen-bond donors (Lipinski definition) is 5. The van der Waals surface area contributed by atoms with E-state index in [4.69, 9.17) is 16.5 Å². The van der Waals surface area contributed by atoms with Crippen LogP contribution in [-0.4, -0.2) is 48.9 Å². The Labute approximate surface area is 320 Å². The van der Waals surface area contributed by atoms with Crippen molar-refractivity contribution in [1.29, 1.82) is 0 Å². The molecule has 5 aromatic carbocycles. The van der Waals surface area contributed by atoms with Crippen molar-refractivity contribution in [2.45, 2.75) is 21.6 Å². The minimum absolute atomic E-state index is 0.0308. The van der Waals surface area contributed by atoms with Crippen LogP contribution >= 0.6 is 22.7 Å². The molecule has 7 rings (SSSR count). The highest BCUT2D eigenvalue weighted by Crippen LogP contribution is 2.44. The first kappa shape index (κ1) is 37.7. The Morgan fingerprint density at radius 1 is 0.618 bits per heavy atom. The molecule has 280 valence electrons. The van der Waals surface area contributed by atoms with E-state index in [9.17, 15) is 38.9 Å². The van der Waals surface area contributed by atoms with Crippen LogP contribution in [0.25, 0.3) is 41.6 Å². The number of thiazole rings is 2. The van der Waals surface area contributed by atoms with Crippen molar-refractivity contribution in [3.63, 3.8) is 0 Å². The third-order valence-electron chi connectivity index (χ3n) is 7.97. The van der Waals surface area contributed by atoms with Gasteiger partial charge in [-0.1, -0.05) is 12.1 Å². The minimum Gasteiger partial charge on any atom is -0.396 e. The maximum Gasteiger partial charge on any atom is 0.296 e. The molecule has 7 N–H and O–H groups in total. The van der Waals surface area contributed by atoms with Crippen LogP contribution in [0.15, 0.2) is 120 Å². The second-order valence-electron chi connectivity index (χ2n) is 11.7. The molecule has 0 atom stereocenters. The average molecular weight is 837 g/mol. The summed E-state index contributed by atoms with van der Waals surface area (Å²) in [6.45, 7) is 1.60. The Morgan fingerprint density at radius 3 is 1.96 bits per heavy atom. The number of nitrogen functional groups attached to an aromatic ring is 2. The van der Waals surface area contributed by atoms with Crippen LogP contribution in [-0.2, 0) is 30.4 Å². The van der Waals surface area contributed by atoms with Gasteiger partial charge in [-0.05, 0) is 85.3 Å². The molecule has 7 aromatic rings. The molecule has 0 saturated carbocycles. The number of aryl methyl sites for hydroxylation is 1. The van der Waals surface area contributed by atoms with Crippen molar-refractivity contribution in [2.75, 3.05) is 11.5 Å². The number of nitrogens with zero attached hydrogens (tertiary/aromatic N) is 6. The van der Waals surface area contributed by atoms with E-state index in [0.717, 1.165) is 45.4 Å². The predicted octanol–water partition coefficient (Wildman–Crippen LogP) is 8.28. The van der Waals surface area contributed by atoms with Crippen LogP contribution in [0.1, 0.15) is 5.56 Å². The van der Waals surface area contributed by atoms with Crippen molar-refractivity contribution in [3.8, 4) is 21.1 Å². The number of fused-ring (bicyclic) bond motifs is 2. The lowest BCUT2D eigenvalue weighted by Gasteiger charge is -2.10. The molecule has 2 heterocycles. The molecule has 22 heteroatoms. The van der Waals surface area contributed by atoms with E-state index in [-0.39, 0.29) is 27.6 Å². The van der Waals surface area contributed by atoms with Gasteiger partial charge in [-0.25, -0.2) is 9.97 Å². The summed E-state index contributed by atoms with van der Waals surface area (Å²) in [6.07, 6.45) is 0. The van der Waals surface area contributed by atoms with E-state index in [1.54, 1.807) is 43.3 Å². The Morgan fingerprint density at radius 2 is 1.27 bits per heavy atom. The molecule has 2 aromatic heterocycles. The van der Waals surface area contributed by atoms with Gasteiger partial charge in [-0.15, -0.1) is 32.9 Å². The van der Waals surface area contributed by atoms with Crippen molar-refractivity contribution in [2.24, 2.45) is 20.5 Å². The van der Waals surface area contributed by atoms with Crippen LogP contribution < -0.4 is 11.5 Å². The lowest BCUT2D eigenvalue weighted by molar-refractivity contribution is 0.481. The third-order valence-corrected chi connectivity index (χ3v) is 13.1. The lowest BCUT2D eigenvalue weighted by atomic mass is 10.2. The van der Waals surface area contributed by atoms with Gasteiger partial charge in [0.05, 0.1) is 48.1 Å². The summed E-state index contributed by atoms with van der Waals surface area (Å²) < 4.78 is 102. The molecule has 0 radical (unpaired) electrons. The number of azo groups is 2. The summed E-state index contributed by atoms with van der Waals surface area (Å²) in [5.41, 5.74) is 14.2. The monoisotopic (exact) mass is 836 g/mol. The van der Waals surface area contributed by atoms with E-state index >= 15 is 0 Å². The zero-order valence-corrected chi connectivity index (χ0v) is 31.8. The molecule has 55 heavy (non-hydrogen) atoms. The van der Waals surface area contributed by atoms with E-state index in [1.807, 2.05) is 18.2 Å². The molecule has 0 fully saturated rings. The summed E-state index contributed by atoms with van der Waals surface area (Å²) in [5.74, 6) is 0. The summed E-state index contributed by atoms with van der Waals surface area (Å²) in [4.78, 5) is 7.93. The smallest absolute Gasteiger partial charge is 0.296 e. The predicted molar refractivity (Wildman–Crippen MR) is 208 cm³/mol. The van der Waals surface area contributed by atoms with Gasteiger partial charge >= 0.3 is 0 Å². The zero-order valence-electron chi connectivity index (χ0n) is 27.8. The van der Waals surface area contributed by atoms with E-state index in [0.29, 0.717) is 37.0 Å². The standard InChI is InChI=1S/C33H24N8O9S5/c1-16-5-11-23-30(31(16)55(48,49)50)52-33(37-23)18-8-12-22-25(13-18)51-32(36-22)17-6-9-19(10-7-17)38-41-29-27(34)24(15-26(28(29)35)54(45,46)47)40-39-20-3-2-4-21(14-20)53(42,43)44/h2-15H,34-35H2,1H3,(H,42,43,44)(H,45,46,47)(H,48,49,50). The fourth-order valence-corrected chi connectivity index (χ4v) is 9.83. The number of aromatic nitrogens is 2. The molecule has 0 aliphatic heterocycles. The molecule has 0 bridgehead atoms. The maximum absolute atomic E-state index is 12.2. The number of rotatable bonds is 9. The molecule has 0 saturated heterocycles. The van der Waals surface area contributed by atoms with Crippen molar-refractivity contribution >= 4 is 108 Å². The van der Waals surface area contributed by atoms with Gasteiger partial charge in [0, 0.05) is 11.1 Å². The summed E-state index contributed by atoms with van der Waals surface area (Å²) in [5, 5.41) is 17.2. The number of anilines is 2. The Bertz CT molecular complexity index is 3110. The van der Waals surface area contributed by atoms with Gasteiger partial charge in [0.2, 0.25) is 0 Å². The molecule has 0 aliphatic rings. The van der Waals surface area contributed by atoms with Gasteiger partial charge < -0.3 is 11.5 Å². The minimum atomic E-state index is -4.90. The fourth-order valence-electron chi connectivity index (χ4n) is 5.35. The number of hydrogen-bond acceptors (Lipinski definition) is 16. The van der Waals surface area contributed by atoms with Crippen molar-refractivity contribution < 1.29 is 38.9 Å². The zero-order chi connectivity index (χ0) is 39.4. The highest BCUT2D eigenvalue weighted by Gasteiger charge is 2.23. The number of nitrogens with two attached hydrogens (primary N) is 2. The lowest BCUT2D eigenvalue weighted by Crippen LogP contribution is -2.05. The van der Waals surface area contributed by atoms with Gasteiger partial charge in [0.25, 0.3) is 30.4 Å². The highest BCUT2D eigenvalue weighted by atomic mass is 32.2. The van der Waals surface area contributed by atoms with Gasteiger partial charge in [-0.2, -0.15) is 35.5 Å².